The summed E-state index contributed by atoms with van der Waals surface area (Å²) in [6.45, 7) is 2.90. The number of carbonyl (C=O) groups is 1. The molecule has 0 aliphatic rings. The van der Waals surface area contributed by atoms with E-state index in [1.807, 2.05) is 0 Å². The second kappa shape index (κ2) is 9.30. The fourth-order valence-corrected chi connectivity index (χ4v) is 1.73. The van der Waals surface area contributed by atoms with Gasteiger partial charge in [0.25, 0.3) is 0 Å². The van der Waals surface area contributed by atoms with Gasteiger partial charge in [0.1, 0.15) is 6.04 Å². The molecule has 0 saturated carbocycles. The first-order valence-electron chi connectivity index (χ1n) is 4.71. The summed E-state index contributed by atoms with van der Waals surface area (Å²) in [4.78, 5) is 11.1. The van der Waals surface area contributed by atoms with Crippen LogP contribution in [-0.4, -0.2) is 43.8 Å². The highest BCUT2D eigenvalue weighted by Crippen LogP contribution is 2.04. The van der Waals surface area contributed by atoms with Gasteiger partial charge in [0.15, 0.2) is 0 Å². The molecule has 0 saturated heterocycles. The summed E-state index contributed by atoms with van der Waals surface area (Å²) in [5, 5.41) is 0. The largest absolute Gasteiger partial charge is 0.465 e. The Morgan fingerprint density at radius 1 is 1.50 bits per heavy atom. The maximum absolute atomic E-state index is 11.1. The monoisotopic (exact) mass is 221 g/mol. The van der Waals surface area contributed by atoms with E-state index in [4.69, 9.17) is 15.2 Å². The quantitative estimate of drug-likeness (QED) is 0.481. The lowest BCUT2D eigenvalue weighted by atomic mass is 10.2. The van der Waals surface area contributed by atoms with Crippen molar-refractivity contribution in [3.8, 4) is 0 Å². The zero-order valence-corrected chi connectivity index (χ0v) is 9.64. The zero-order valence-electron chi connectivity index (χ0n) is 8.82. The van der Waals surface area contributed by atoms with E-state index >= 15 is 0 Å². The van der Waals surface area contributed by atoms with Crippen molar-refractivity contribution in [1.29, 1.82) is 0 Å². The van der Waals surface area contributed by atoms with Gasteiger partial charge in [0, 0.05) is 12.9 Å². The van der Waals surface area contributed by atoms with Crippen molar-refractivity contribution < 1.29 is 14.3 Å². The predicted octanol–water partition coefficient (Wildman–Crippen LogP) is 0.646. The van der Waals surface area contributed by atoms with Crippen LogP contribution >= 0.6 is 11.8 Å². The molecule has 0 bridgehead atoms. The van der Waals surface area contributed by atoms with Crippen LogP contribution in [0.1, 0.15) is 13.3 Å². The topological polar surface area (TPSA) is 61.5 Å². The van der Waals surface area contributed by atoms with Crippen LogP contribution in [0.2, 0.25) is 0 Å². The van der Waals surface area contributed by atoms with Crippen LogP contribution in [0.4, 0.5) is 0 Å². The molecular weight excluding hydrogens is 202 g/mol. The average Bonchev–Trinajstić information content (AvgIpc) is 2.17. The molecule has 5 heteroatoms. The Kier molecular flexibility index (Phi) is 9.13. The maximum Gasteiger partial charge on any atom is 0.322 e. The minimum absolute atomic E-state index is 0.306. The molecule has 0 aromatic carbocycles. The Bertz CT molecular complexity index is 155. The predicted molar refractivity (Wildman–Crippen MR) is 58.4 cm³/mol. The average molecular weight is 221 g/mol. The SMILES string of the molecule is CCOC(=O)C(N)CCSCCOC. The first kappa shape index (κ1) is 13.7. The molecule has 0 radical (unpaired) electrons. The van der Waals surface area contributed by atoms with Crippen LogP contribution in [0.25, 0.3) is 0 Å². The van der Waals surface area contributed by atoms with E-state index in [0.29, 0.717) is 13.0 Å². The summed E-state index contributed by atoms with van der Waals surface area (Å²) in [5.74, 6) is 1.50. The Morgan fingerprint density at radius 2 is 2.21 bits per heavy atom. The molecule has 1 atom stereocenters. The lowest BCUT2D eigenvalue weighted by molar-refractivity contribution is -0.144. The van der Waals surface area contributed by atoms with E-state index in [1.165, 1.54) is 0 Å². The van der Waals surface area contributed by atoms with Crippen LogP contribution in [0.3, 0.4) is 0 Å². The Labute approximate surface area is 89.5 Å². The number of nitrogens with two attached hydrogens (primary N) is 1. The summed E-state index contributed by atoms with van der Waals surface area (Å²) in [6.07, 6.45) is 0.660. The molecule has 0 aliphatic heterocycles. The number of hydrogen-bond acceptors (Lipinski definition) is 5. The van der Waals surface area contributed by atoms with Crippen molar-refractivity contribution in [2.75, 3.05) is 31.8 Å². The van der Waals surface area contributed by atoms with Gasteiger partial charge in [-0.15, -0.1) is 0 Å². The van der Waals surface area contributed by atoms with E-state index in [9.17, 15) is 4.79 Å². The molecule has 0 aliphatic carbocycles. The number of thioether (sulfide) groups is 1. The van der Waals surface area contributed by atoms with Crippen LogP contribution in [-0.2, 0) is 14.3 Å². The molecule has 14 heavy (non-hydrogen) atoms. The lowest BCUT2D eigenvalue weighted by Gasteiger charge is -2.09. The third-order valence-corrected chi connectivity index (χ3v) is 2.57. The molecule has 4 nitrogen and oxygen atoms in total. The van der Waals surface area contributed by atoms with Gasteiger partial charge in [0.05, 0.1) is 13.2 Å². The van der Waals surface area contributed by atoms with E-state index in [0.717, 1.165) is 18.1 Å². The number of carbonyl (C=O) groups excluding carboxylic acids is 1. The van der Waals surface area contributed by atoms with Gasteiger partial charge in [-0.1, -0.05) is 0 Å². The second-order valence-corrected chi connectivity index (χ2v) is 3.98. The summed E-state index contributed by atoms with van der Waals surface area (Å²) in [7, 11) is 1.67. The second-order valence-electron chi connectivity index (χ2n) is 2.75. The summed E-state index contributed by atoms with van der Waals surface area (Å²) in [5.41, 5.74) is 5.60. The molecule has 0 heterocycles. The van der Waals surface area contributed by atoms with Gasteiger partial charge in [0.2, 0.25) is 0 Å². The van der Waals surface area contributed by atoms with Gasteiger partial charge in [-0.2, -0.15) is 11.8 Å². The van der Waals surface area contributed by atoms with Gasteiger partial charge < -0.3 is 15.2 Å². The Balaban J connectivity index is 3.34. The fourth-order valence-electron chi connectivity index (χ4n) is 0.822. The first-order chi connectivity index (χ1) is 6.72. The Morgan fingerprint density at radius 3 is 2.79 bits per heavy atom. The lowest BCUT2D eigenvalue weighted by Crippen LogP contribution is -2.32. The molecule has 1 unspecified atom stereocenters. The smallest absolute Gasteiger partial charge is 0.322 e. The minimum Gasteiger partial charge on any atom is -0.465 e. The zero-order chi connectivity index (χ0) is 10.8. The van der Waals surface area contributed by atoms with Crippen molar-refractivity contribution in [2.45, 2.75) is 19.4 Å². The van der Waals surface area contributed by atoms with Crippen LogP contribution < -0.4 is 5.73 Å². The molecular formula is C9H19NO3S. The van der Waals surface area contributed by atoms with Crippen molar-refractivity contribution >= 4 is 17.7 Å². The van der Waals surface area contributed by atoms with E-state index < -0.39 is 6.04 Å². The number of esters is 1. The van der Waals surface area contributed by atoms with Crippen molar-refractivity contribution in [3.05, 3.63) is 0 Å². The van der Waals surface area contributed by atoms with Crippen molar-refractivity contribution in [1.82, 2.24) is 0 Å². The van der Waals surface area contributed by atoms with Crippen LogP contribution in [0, 0.1) is 0 Å². The number of hydrogen-bond donors (Lipinski definition) is 1. The minimum atomic E-state index is -0.481. The number of ether oxygens (including phenoxy) is 2. The number of rotatable bonds is 8. The van der Waals surface area contributed by atoms with E-state index in [1.54, 1.807) is 25.8 Å². The van der Waals surface area contributed by atoms with Crippen molar-refractivity contribution in [2.24, 2.45) is 5.73 Å². The third kappa shape index (κ3) is 7.17. The highest BCUT2D eigenvalue weighted by atomic mass is 32.2. The number of methoxy groups -OCH3 is 1. The van der Waals surface area contributed by atoms with Gasteiger partial charge >= 0.3 is 5.97 Å². The van der Waals surface area contributed by atoms with Gasteiger partial charge in [-0.3, -0.25) is 4.79 Å². The molecule has 0 amide bonds. The normalized spacial score (nSPS) is 12.5. The highest BCUT2D eigenvalue weighted by molar-refractivity contribution is 7.99. The molecule has 84 valence electrons. The molecule has 2 N–H and O–H groups in total. The first-order valence-corrected chi connectivity index (χ1v) is 5.86. The highest BCUT2D eigenvalue weighted by Gasteiger charge is 2.13. The fraction of sp³-hybridized carbons (Fsp3) is 0.889. The van der Waals surface area contributed by atoms with Crippen LogP contribution in [0.15, 0.2) is 0 Å². The standard InChI is InChI=1S/C9H19NO3S/c1-3-13-9(11)8(10)4-6-14-7-5-12-2/h8H,3-7,10H2,1-2H3. The Hall–Kier alpha value is -0.260. The maximum atomic E-state index is 11.1. The molecule has 0 aromatic heterocycles. The van der Waals surface area contributed by atoms with Gasteiger partial charge in [-0.25, -0.2) is 0 Å². The molecule has 0 rings (SSSR count). The molecule has 0 fully saturated rings. The molecule has 0 aromatic rings. The summed E-state index contributed by atoms with van der Waals surface area (Å²) < 4.78 is 9.68. The summed E-state index contributed by atoms with van der Waals surface area (Å²) >= 11 is 1.73. The van der Waals surface area contributed by atoms with E-state index in [2.05, 4.69) is 0 Å². The van der Waals surface area contributed by atoms with Crippen LogP contribution in [0.5, 0.6) is 0 Å². The van der Waals surface area contributed by atoms with E-state index in [-0.39, 0.29) is 5.97 Å². The van der Waals surface area contributed by atoms with Gasteiger partial charge in [-0.05, 0) is 19.1 Å². The van der Waals surface area contributed by atoms with Crippen molar-refractivity contribution in [3.63, 3.8) is 0 Å². The third-order valence-electron chi connectivity index (χ3n) is 1.59. The molecule has 0 spiro atoms. The summed E-state index contributed by atoms with van der Waals surface area (Å²) in [6, 6.07) is -0.481.